The lowest BCUT2D eigenvalue weighted by molar-refractivity contribution is -0.131. The lowest BCUT2D eigenvalue weighted by Gasteiger charge is -2.28. The standard InChI is InChI=1S/C15H15FN4O/c16-11-3-1-10(2-4-11)7-14(21)20-6-5-12-13(8-20)18-9-19-15(12)17/h1-4,9H,5-8H2,(H2,17,18,19). The molecule has 1 aromatic heterocycles. The van der Waals surface area contributed by atoms with E-state index in [-0.39, 0.29) is 18.1 Å². The van der Waals surface area contributed by atoms with Crippen molar-refractivity contribution in [3.8, 4) is 0 Å². The zero-order valence-electron chi connectivity index (χ0n) is 11.4. The number of carbonyl (C=O) groups is 1. The first-order valence-corrected chi connectivity index (χ1v) is 6.74. The first-order chi connectivity index (χ1) is 10.1. The Morgan fingerprint density at radius 1 is 1.29 bits per heavy atom. The van der Waals surface area contributed by atoms with Crippen molar-refractivity contribution in [2.24, 2.45) is 0 Å². The predicted octanol–water partition coefficient (Wildman–Crippen LogP) is 1.33. The molecular formula is C15H15FN4O. The van der Waals surface area contributed by atoms with E-state index in [1.165, 1.54) is 18.5 Å². The van der Waals surface area contributed by atoms with E-state index in [2.05, 4.69) is 9.97 Å². The van der Waals surface area contributed by atoms with Crippen molar-refractivity contribution in [1.82, 2.24) is 14.9 Å². The first kappa shape index (κ1) is 13.5. The molecule has 3 rings (SSSR count). The van der Waals surface area contributed by atoms with Crippen LogP contribution in [-0.2, 0) is 24.2 Å². The maximum absolute atomic E-state index is 12.9. The molecule has 1 aliphatic heterocycles. The Balaban J connectivity index is 1.71. The van der Waals surface area contributed by atoms with Crippen molar-refractivity contribution < 1.29 is 9.18 Å². The van der Waals surface area contributed by atoms with Gasteiger partial charge in [0.1, 0.15) is 18.0 Å². The van der Waals surface area contributed by atoms with Gasteiger partial charge in [-0.25, -0.2) is 14.4 Å². The van der Waals surface area contributed by atoms with E-state index in [1.54, 1.807) is 17.0 Å². The van der Waals surface area contributed by atoms with Crippen molar-refractivity contribution in [2.75, 3.05) is 12.3 Å². The van der Waals surface area contributed by atoms with Gasteiger partial charge in [-0.2, -0.15) is 0 Å². The molecule has 1 aromatic carbocycles. The number of anilines is 1. The number of amides is 1. The summed E-state index contributed by atoms with van der Waals surface area (Å²) in [5.74, 6) is 0.195. The minimum absolute atomic E-state index is 0.00411. The fraction of sp³-hybridized carbons (Fsp3) is 0.267. The summed E-state index contributed by atoms with van der Waals surface area (Å²) in [6, 6.07) is 5.99. The summed E-state index contributed by atoms with van der Waals surface area (Å²) in [4.78, 5) is 22.2. The number of fused-ring (bicyclic) bond motifs is 1. The van der Waals surface area contributed by atoms with Crippen LogP contribution in [0.5, 0.6) is 0 Å². The zero-order chi connectivity index (χ0) is 14.8. The van der Waals surface area contributed by atoms with Gasteiger partial charge in [0.15, 0.2) is 0 Å². The summed E-state index contributed by atoms with van der Waals surface area (Å²) in [5.41, 5.74) is 8.35. The highest BCUT2D eigenvalue weighted by molar-refractivity contribution is 5.79. The van der Waals surface area contributed by atoms with Gasteiger partial charge >= 0.3 is 0 Å². The molecule has 0 atom stereocenters. The monoisotopic (exact) mass is 286 g/mol. The third-order valence-electron chi connectivity index (χ3n) is 3.66. The molecule has 0 spiro atoms. The highest BCUT2D eigenvalue weighted by Crippen LogP contribution is 2.21. The second kappa shape index (κ2) is 5.47. The molecular weight excluding hydrogens is 271 g/mol. The summed E-state index contributed by atoms with van der Waals surface area (Å²) in [6.45, 7) is 1.05. The van der Waals surface area contributed by atoms with Crippen LogP contribution >= 0.6 is 0 Å². The van der Waals surface area contributed by atoms with Gasteiger partial charge in [0, 0.05) is 12.1 Å². The summed E-state index contributed by atoms with van der Waals surface area (Å²) in [5, 5.41) is 0. The van der Waals surface area contributed by atoms with Crippen molar-refractivity contribution in [2.45, 2.75) is 19.4 Å². The largest absolute Gasteiger partial charge is 0.383 e. The molecule has 0 unspecified atom stereocenters. The number of hydrogen-bond donors (Lipinski definition) is 1. The Morgan fingerprint density at radius 3 is 2.81 bits per heavy atom. The van der Waals surface area contributed by atoms with Crippen molar-refractivity contribution in [3.63, 3.8) is 0 Å². The van der Waals surface area contributed by atoms with E-state index >= 15 is 0 Å². The van der Waals surface area contributed by atoms with Crippen molar-refractivity contribution in [1.29, 1.82) is 0 Å². The van der Waals surface area contributed by atoms with Crippen LogP contribution in [0.15, 0.2) is 30.6 Å². The molecule has 0 aliphatic carbocycles. The molecule has 1 aliphatic rings. The van der Waals surface area contributed by atoms with Crippen LogP contribution in [0.4, 0.5) is 10.2 Å². The number of hydrogen-bond acceptors (Lipinski definition) is 4. The minimum atomic E-state index is -0.301. The van der Waals surface area contributed by atoms with E-state index < -0.39 is 0 Å². The Kier molecular flexibility index (Phi) is 3.51. The van der Waals surface area contributed by atoms with E-state index in [1.807, 2.05) is 0 Å². The highest BCUT2D eigenvalue weighted by Gasteiger charge is 2.23. The molecule has 5 nitrogen and oxygen atoms in total. The summed E-state index contributed by atoms with van der Waals surface area (Å²) >= 11 is 0. The van der Waals surface area contributed by atoms with Crippen molar-refractivity contribution >= 4 is 11.7 Å². The molecule has 0 bridgehead atoms. The maximum atomic E-state index is 12.9. The minimum Gasteiger partial charge on any atom is -0.383 e. The van der Waals surface area contributed by atoms with Crippen LogP contribution in [0.25, 0.3) is 0 Å². The predicted molar refractivity (Wildman–Crippen MR) is 75.7 cm³/mol. The number of nitrogens with two attached hydrogens (primary N) is 1. The van der Waals surface area contributed by atoms with Crippen LogP contribution in [0.2, 0.25) is 0 Å². The van der Waals surface area contributed by atoms with E-state index in [0.717, 1.165) is 16.8 Å². The average Bonchev–Trinajstić information content (AvgIpc) is 2.49. The van der Waals surface area contributed by atoms with E-state index in [9.17, 15) is 9.18 Å². The van der Waals surface area contributed by atoms with Gasteiger partial charge in [-0.1, -0.05) is 12.1 Å². The third kappa shape index (κ3) is 2.84. The summed E-state index contributed by atoms with van der Waals surface area (Å²) < 4.78 is 12.9. The lowest BCUT2D eigenvalue weighted by Crippen LogP contribution is -2.37. The number of benzene rings is 1. The fourth-order valence-electron chi connectivity index (χ4n) is 2.48. The van der Waals surface area contributed by atoms with Crippen LogP contribution in [-0.4, -0.2) is 27.3 Å². The van der Waals surface area contributed by atoms with Gasteiger partial charge in [-0.05, 0) is 24.1 Å². The van der Waals surface area contributed by atoms with Crippen LogP contribution in [0, 0.1) is 5.82 Å². The van der Waals surface area contributed by atoms with E-state index in [0.29, 0.717) is 25.3 Å². The molecule has 0 fully saturated rings. The molecule has 0 radical (unpaired) electrons. The molecule has 0 saturated carbocycles. The second-order valence-corrected chi connectivity index (χ2v) is 5.05. The molecule has 2 heterocycles. The van der Waals surface area contributed by atoms with Gasteiger partial charge in [-0.15, -0.1) is 0 Å². The second-order valence-electron chi connectivity index (χ2n) is 5.05. The number of aromatic nitrogens is 2. The molecule has 6 heteroatoms. The molecule has 0 saturated heterocycles. The van der Waals surface area contributed by atoms with Crippen LogP contribution in [0.3, 0.4) is 0 Å². The Morgan fingerprint density at radius 2 is 2.05 bits per heavy atom. The number of halogens is 1. The Labute approximate surface area is 121 Å². The Bertz CT molecular complexity index is 672. The van der Waals surface area contributed by atoms with Gasteiger partial charge < -0.3 is 10.6 Å². The lowest BCUT2D eigenvalue weighted by atomic mass is 10.0. The maximum Gasteiger partial charge on any atom is 0.227 e. The fourth-order valence-corrected chi connectivity index (χ4v) is 2.48. The normalized spacial score (nSPS) is 13.9. The SMILES string of the molecule is Nc1ncnc2c1CCN(C(=O)Cc1ccc(F)cc1)C2. The summed E-state index contributed by atoms with van der Waals surface area (Å²) in [7, 11) is 0. The van der Waals surface area contributed by atoms with Crippen LogP contribution in [0.1, 0.15) is 16.8 Å². The summed E-state index contributed by atoms with van der Waals surface area (Å²) in [6.07, 6.45) is 2.34. The third-order valence-corrected chi connectivity index (χ3v) is 3.66. The molecule has 108 valence electrons. The molecule has 2 N–H and O–H groups in total. The number of carbonyl (C=O) groups excluding carboxylic acids is 1. The quantitative estimate of drug-likeness (QED) is 0.904. The van der Waals surface area contributed by atoms with Gasteiger partial charge in [-0.3, -0.25) is 4.79 Å². The Hall–Kier alpha value is -2.50. The smallest absolute Gasteiger partial charge is 0.227 e. The average molecular weight is 286 g/mol. The van der Waals surface area contributed by atoms with Gasteiger partial charge in [0.2, 0.25) is 5.91 Å². The highest BCUT2D eigenvalue weighted by atomic mass is 19.1. The van der Waals surface area contributed by atoms with Gasteiger partial charge in [0.05, 0.1) is 18.7 Å². The van der Waals surface area contributed by atoms with Gasteiger partial charge in [0.25, 0.3) is 0 Å². The van der Waals surface area contributed by atoms with Crippen LogP contribution < -0.4 is 5.73 Å². The zero-order valence-corrected chi connectivity index (χ0v) is 11.4. The first-order valence-electron chi connectivity index (χ1n) is 6.74. The van der Waals surface area contributed by atoms with E-state index in [4.69, 9.17) is 5.73 Å². The molecule has 1 amide bonds. The number of nitrogen functional groups attached to an aromatic ring is 1. The number of rotatable bonds is 2. The number of nitrogens with zero attached hydrogens (tertiary/aromatic N) is 3. The molecule has 2 aromatic rings. The van der Waals surface area contributed by atoms with Crippen molar-refractivity contribution in [3.05, 3.63) is 53.2 Å². The molecule has 21 heavy (non-hydrogen) atoms. The topological polar surface area (TPSA) is 72.1 Å².